The molecule has 0 saturated heterocycles. The Morgan fingerprint density at radius 1 is 0.778 bits per heavy atom. The second kappa shape index (κ2) is 25.9. The van der Waals surface area contributed by atoms with Gasteiger partial charge in [0, 0.05) is 115 Å². The number of carbonyl (C=O) groups excluding carboxylic acids is 2. The van der Waals surface area contributed by atoms with E-state index in [1.54, 1.807) is 23.9 Å². The van der Waals surface area contributed by atoms with Crippen LogP contribution in [0.1, 0.15) is 62.9 Å². The predicted molar refractivity (Wildman–Crippen MR) is 268 cm³/mol. The first-order valence-corrected chi connectivity index (χ1v) is 24.5. The van der Waals surface area contributed by atoms with Crippen molar-refractivity contribution in [2.75, 3.05) is 82.2 Å². The van der Waals surface area contributed by atoms with Gasteiger partial charge in [-0.2, -0.15) is 5.11 Å². The fourth-order valence-corrected chi connectivity index (χ4v) is 9.76. The fourth-order valence-electron chi connectivity index (χ4n) is 7.54. The van der Waals surface area contributed by atoms with E-state index in [2.05, 4.69) is 182 Å². The zero-order chi connectivity index (χ0) is 45.9. The highest BCUT2D eigenvalue weighted by Gasteiger charge is 2.24. The van der Waals surface area contributed by atoms with Crippen LogP contribution in [0.4, 0.5) is 11.4 Å². The quantitative estimate of drug-likeness (QED) is 0.0232. The molecule has 4 rings (SSSR count). The van der Waals surface area contributed by atoms with Crippen LogP contribution in [0.15, 0.2) is 107 Å². The van der Waals surface area contributed by atoms with Crippen LogP contribution in [0, 0.1) is 6.92 Å². The average molecular weight is 896 g/mol. The van der Waals surface area contributed by atoms with Crippen molar-refractivity contribution >= 4 is 63.0 Å². The third-order valence-corrected chi connectivity index (χ3v) is 13.8. The van der Waals surface area contributed by atoms with Crippen LogP contribution in [0.3, 0.4) is 0 Å². The number of anilines is 2. The first kappa shape index (κ1) is 50.6. The Balaban J connectivity index is 1.11. The number of allylic oxidation sites excluding steroid dienone is 4. The number of aromatic nitrogens is 1. The van der Waals surface area contributed by atoms with Crippen molar-refractivity contribution < 1.29 is 14.2 Å². The summed E-state index contributed by atoms with van der Waals surface area (Å²) in [6, 6.07) is 20.4. The van der Waals surface area contributed by atoms with Crippen molar-refractivity contribution in [2.45, 2.75) is 72.1 Å². The topological polar surface area (TPSA) is 131 Å². The lowest BCUT2D eigenvalue weighted by Gasteiger charge is -2.32. The number of hydrogen-bond donors (Lipinski definition) is 2. The van der Waals surface area contributed by atoms with Gasteiger partial charge < -0.3 is 36.1 Å². The van der Waals surface area contributed by atoms with Gasteiger partial charge >= 0.3 is 0 Å². The Morgan fingerprint density at radius 3 is 1.84 bits per heavy atom. The van der Waals surface area contributed by atoms with E-state index in [0.717, 1.165) is 61.5 Å². The van der Waals surface area contributed by atoms with E-state index >= 15 is 0 Å². The number of carbonyl (C=O) groups is 2. The van der Waals surface area contributed by atoms with E-state index in [0.29, 0.717) is 30.6 Å². The molecule has 2 heterocycles. The molecule has 12 nitrogen and oxygen atoms in total. The predicted octanol–water partition coefficient (Wildman–Crippen LogP) is 7.71. The van der Waals surface area contributed by atoms with Gasteiger partial charge in [0.1, 0.15) is 6.54 Å². The van der Waals surface area contributed by atoms with Crippen LogP contribution >= 0.6 is 21.6 Å². The van der Waals surface area contributed by atoms with Crippen molar-refractivity contribution in [1.82, 2.24) is 14.7 Å². The summed E-state index contributed by atoms with van der Waals surface area (Å²) in [5.74, 6) is 5.92. The Kier molecular flexibility index (Phi) is 20.8. The van der Waals surface area contributed by atoms with Crippen molar-refractivity contribution in [1.29, 1.82) is 0 Å². The first-order chi connectivity index (χ1) is 30.2. The maximum atomic E-state index is 13.3. The highest BCUT2D eigenvalue weighted by atomic mass is 33.1. The van der Waals surface area contributed by atoms with E-state index in [4.69, 9.17) is 11.6 Å². The lowest BCUT2D eigenvalue weighted by atomic mass is 10.0. The molecular weight excluding hydrogens is 825 g/mol. The van der Waals surface area contributed by atoms with Crippen molar-refractivity contribution in [3.8, 4) is 0 Å². The van der Waals surface area contributed by atoms with Crippen LogP contribution in [0.25, 0.3) is 18.2 Å². The molecule has 4 N–H and O–H groups in total. The number of rotatable bonds is 24. The summed E-state index contributed by atoms with van der Waals surface area (Å²) in [6.45, 7) is 15.6. The minimum Gasteiger partial charge on any atom is -0.375 e. The second-order valence-electron chi connectivity index (χ2n) is 16.2. The molecular formula is C49H71N10O2S2+. The van der Waals surface area contributed by atoms with Crippen LogP contribution < -0.4 is 25.9 Å². The first-order valence-electron chi connectivity index (χ1n) is 22.0. The summed E-state index contributed by atoms with van der Waals surface area (Å²) >= 11 is 0. The molecule has 0 aliphatic carbocycles. The van der Waals surface area contributed by atoms with E-state index < -0.39 is 12.1 Å². The molecule has 3 unspecified atom stereocenters. The summed E-state index contributed by atoms with van der Waals surface area (Å²) in [7, 11) is 10.6. The van der Waals surface area contributed by atoms with Crippen molar-refractivity contribution in [3.63, 3.8) is 0 Å². The van der Waals surface area contributed by atoms with Gasteiger partial charge in [-0.05, 0) is 93.1 Å². The van der Waals surface area contributed by atoms with Crippen LogP contribution in [0.2, 0.25) is 0 Å². The summed E-state index contributed by atoms with van der Waals surface area (Å²) in [5, 5.41) is 7.46. The molecule has 0 saturated carbocycles. The van der Waals surface area contributed by atoms with Crippen LogP contribution in [-0.4, -0.2) is 117 Å². The number of pyridine rings is 1. The minimum absolute atomic E-state index is 0.105. The molecule has 3 aromatic rings. The van der Waals surface area contributed by atoms with Crippen molar-refractivity contribution in [3.05, 3.63) is 119 Å². The molecule has 2 aromatic carbocycles. The fraction of sp³-hybridized carbons (Fsp3) is 0.449. The molecule has 0 bridgehead atoms. The highest BCUT2D eigenvalue weighted by Crippen LogP contribution is 2.25. The maximum Gasteiger partial charge on any atom is 0.250 e. The number of likely N-dealkylation sites (N-methyl/N-ethyl adjacent to an activating group) is 3. The lowest BCUT2D eigenvalue weighted by Crippen LogP contribution is -2.44. The molecule has 0 fully saturated rings. The smallest absolute Gasteiger partial charge is 0.250 e. The van der Waals surface area contributed by atoms with Gasteiger partial charge in [-0.1, -0.05) is 81.5 Å². The number of nitrogens with zero attached hydrogens (tertiary/aromatic N) is 8. The molecule has 63 heavy (non-hydrogen) atoms. The third-order valence-electron chi connectivity index (χ3n) is 11.4. The normalized spacial score (nSPS) is 15.1. The van der Waals surface area contributed by atoms with E-state index in [-0.39, 0.29) is 11.8 Å². The van der Waals surface area contributed by atoms with Gasteiger partial charge in [0.05, 0.1) is 6.04 Å². The molecule has 0 radical (unpaired) electrons. The second-order valence-corrected chi connectivity index (χ2v) is 18.8. The number of hydrogen-bond acceptors (Lipinski definition) is 10. The monoisotopic (exact) mass is 896 g/mol. The summed E-state index contributed by atoms with van der Waals surface area (Å²) in [4.78, 5) is 36.6. The van der Waals surface area contributed by atoms with Crippen LogP contribution in [0.5, 0.6) is 0 Å². The summed E-state index contributed by atoms with van der Waals surface area (Å²) < 4.78 is 2.22. The Morgan fingerprint density at radius 2 is 1.32 bits per heavy atom. The zero-order valence-electron chi connectivity index (χ0n) is 39.0. The molecule has 1 aromatic heterocycles. The van der Waals surface area contributed by atoms with Crippen LogP contribution in [-0.2, 0) is 16.1 Å². The SMILES string of the molecule is CCN1C(C)=CC(/C=C/c2ccc(N(C)CCCN(C)C(=O)C(N)CSSCC(N=NN)C(=O)N(C)CCCN(C)c3ccc(/C=C/c4cc[n+](CC)c(C)c4)cc3)cc2)=CC1C. The zero-order valence-corrected chi connectivity index (χ0v) is 40.6. The number of benzene rings is 2. The van der Waals surface area contributed by atoms with Gasteiger partial charge in [0.25, 0.3) is 0 Å². The number of amides is 2. The molecule has 1 aliphatic heterocycles. The van der Waals surface area contributed by atoms with Gasteiger partial charge in [0.2, 0.25) is 11.8 Å². The molecule has 0 spiro atoms. The minimum atomic E-state index is -0.723. The molecule has 2 amide bonds. The van der Waals surface area contributed by atoms with Crippen molar-refractivity contribution in [2.24, 2.45) is 21.9 Å². The van der Waals surface area contributed by atoms with E-state index in [9.17, 15) is 9.59 Å². The van der Waals surface area contributed by atoms with Gasteiger partial charge in [0.15, 0.2) is 17.9 Å². The molecule has 340 valence electrons. The maximum absolute atomic E-state index is 13.3. The Labute approximate surface area is 385 Å². The summed E-state index contributed by atoms with van der Waals surface area (Å²) in [5.41, 5.74) is 15.8. The van der Waals surface area contributed by atoms with Gasteiger partial charge in [-0.25, -0.2) is 4.57 Å². The molecule has 3 atom stereocenters. The largest absolute Gasteiger partial charge is 0.375 e. The molecule has 14 heteroatoms. The Bertz CT molecular complexity index is 2070. The van der Waals surface area contributed by atoms with E-state index in [1.165, 1.54) is 44.1 Å². The standard InChI is InChI=1S/C49H71N10O2S2/c1-10-58-31-26-42(32-37(58)3)16-14-40-18-22-44(23-19-40)55(7)28-13-30-57(9)49(61)47(52-53-51)36-63-62-35-46(50)48(60)56(8)29-12-27-54(6)45-24-20-41(21-25-45)15-17-43-33-38(4)59(11-2)39(5)34-43/h14-26,31-34,38,46-47H,10-13,27-30,35-36,50H2,1-9H3,(H2,51,52)/q+1/b17-15+. The third kappa shape index (κ3) is 15.9. The number of aryl methyl sites for hydroxylation is 2. The Hall–Kier alpha value is -5.05. The van der Waals surface area contributed by atoms with E-state index in [1.807, 2.05) is 0 Å². The highest BCUT2D eigenvalue weighted by molar-refractivity contribution is 8.76. The van der Waals surface area contributed by atoms with Gasteiger partial charge in [-0.15, -0.1) is 0 Å². The molecule has 1 aliphatic rings. The van der Waals surface area contributed by atoms with Gasteiger partial charge in [-0.3, -0.25) is 9.59 Å². The summed E-state index contributed by atoms with van der Waals surface area (Å²) in [6.07, 6.45) is 16.9. The lowest BCUT2D eigenvalue weighted by molar-refractivity contribution is -0.699. The average Bonchev–Trinajstić information content (AvgIpc) is 3.28. The number of nitrogens with two attached hydrogens (primary N) is 2.